The van der Waals surface area contributed by atoms with Crippen molar-refractivity contribution in [2.45, 2.75) is 0 Å². The molecule has 0 unspecified atom stereocenters. The topological polar surface area (TPSA) is 70.6 Å². The third kappa shape index (κ3) is 4.84. The van der Waals surface area contributed by atoms with E-state index < -0.39 is 0 Å². The molecular weight excluding hydrogens is 437 g/mol. The summed E-state index contributed by atoms with van der Waals surface area (Å²) in [5.41, 5.74) is 2.11. The summed E-state index contributed by atoms with van der Waals surface area (Å²) >= 11 is 12.2. The molecule has 1 aliphatic heterocycles. The van der Waals surface area contributed by atoms with Crippen molar-refractivity contribution in [2.24, 2.45) is 0 Å². The number of halogens is 2. The third-order valence-electron chi connectivity index (χ3n) is 5.10. The highest BCUT2D eigenvalue weighted by Gasteiger charge is 2.23. The first-order valence-electron chi connectivity index (χ1n) is 9.78. The molecule has 1 fully saturated rings. The first kappa shape index (κ1) is 21.2. The number of hydrogen-bond donors (Lipinski definition) is 1. The molecule has 2 amide bonds. The monoisotopic (exact) mass is 457 g/mol. The summed E-state index contributed by atoms with van der Waals surface area (Å²) in [6, 6.07) is 16.3. The molecule has 9 heteroatoms. The summed E-state index contributed by atoms with van der Waals surface area (Å²) in [4.78, 5) is 16.5. The standard InChI is InChI=1S/C22H21Cl2N5O2/c1-31-20-5-3-2-4-19(20)25-22(30)29-12-10-28(11-13-29)21-9-8-18(26-27-21)16-7-6-15(23)14-17(16)24/h2-9,14H,10-13H2,1H3,(H,25,30). The van der Waals surface area contributed by atoms with E-state index in [4.69, 9.17) is 27.9 Å². The van der Waals surface area contributed by atoms with Crippen LogP contribution in [0, 0.1) is 0 Å². The van der Waals surface area contributed by atoms with Gasteiger partial charge in [0.15, 0.2) is 5.82 Å². The molecule has 0 atom stereocenters. The van der Waals surface area contributed by atoms with Crippen LogP contribution in [0.5, 0.6) is 5.75 Å². The fourth-order valence-electron chi connectivity index (χ4n) is 3.42. The van der Waals surface area contributed by atoms with E-state index in [1.807, 2.05) is 42.5 Å². The average molecular weight is 458 g/mol. The largest absolute Gasteiger partial charge is 0.495 e. The maximum absolute atomic E-state index is 12.6. The van der Waals surface area contributed by atoms with Crippen LogP contribution in [-0.2, 0) is 0 Å². The highest BCUT2D eigenvalue weighted by molar-refractivity contribution is 6.36. The van der Waals surface area contributed by atoms with Gasteiger partial charge in [0.25, 0.3) is 0 Å². The molecule has 1 aliphatic rings. The number of nitrogens with one attached hydrogen (secondary N) is 1. The summed E-state index contributed by atoms with van der Waals surface area (Å²) in [5.74, 6) is 1.39. The van der Waals surface area contributed by atoms with E-state index in [9.17, 15) is 4.79 Å². The highest BCUT2D eigenvalue weighted by atomic mass is 35.5. The van der Waals surface area contributed by atoms with Crippen molar-refractivity contribution >= 4 is 40.7 Å². The fourth-order valence-corrected chi connectivity index (χ4v) is 3.92. The molecular formula is C22H21Cl2N5O2. The zero-order valence-corrected chi connectivity index (χ0v) is 18.4. The van der Waals surface area contributed by atoms with Crippen LogP contribution in [0.15, 0.2) is 54.6 Å². The quantitative estimate of drug-likeness (QED) is 0.608. The van der Waals surface area contributed by atoms with Crippen molar-refractivity contribution in [3.8, 4) is 17.0 Å². The SMILES string of the molecule is COc1ccccc1NC(=O)N1CCN(c2ccc(-c3ccc(Cl)cc3Cl)nn2)CC1. The Balaban J connectivity index is 1.37. The second-order valence-corrected chi connectivity index (χ2v) is 7.85. The molecule has 0 aliphatic carbocycles. The van der Waals surface area contributed by atoms with E-state index in [0.717, 1.165) is 11.4 Å². The second-order valence-electron chi connectivity index (χ2n) is 7.01. The smallest absolute Gasteiger partial charge is 0.322 e. The van der Waals surface area contributed by atoms with Gasteiger partial charge < -0.3 is 19.9 Å². The Hall–Kier alpha value is -3.03. The van der Waals surface area contributed by atoms with Gasteiger partial charge in [-0.3, -0.25) is 0 Å². The van der Waals surface area contributed by atoms with Crippen molar-refractivity contribution in [1.82, 2.24) is 15.1 Å². The maximum Gasteiger partial charge on any atom is 0.322 e. The summed E-state index contributed by atoms with van der Waals surface area (Å²) in [5, 5.41) is 12.7. The van der Waals surface area contributed by atoms with Gasteiger partial charge in [-0.2, -0.15) is 0 Å². The molecule has 0 bridgehead atoms. The average Bonchev–Trinajstić information content (AvgIpc) is 2.80. The Kier molecular flexibility index (Phi) is 6.44. The molecule has 7 nitrogen and oxygen atoms in total. The Bertz CT molecular complexity index is 1070. The number of methoxy groups -OCH3 is 1. The summed E-state index contributed by atoms with van der Waals surface area (Å²) in [7, 11) is 1.58. The number of benzene rings is 2. The molecule has 4 rings (SSSR count). The number of ether oxygens (including phenoxy) is 1. The van der Waals surface area contributed by atoms with Gasteiger partial charge in [-0.1, -0.05) is 35.3 Å². The van der Waals surface area contributed by atoms with E-state index in [1.54, 1.807) is 24.1 Å². The second kappa shape index (κ2) is 9.41. The van der Waals surface area contributed by atoms with Gasteiger partial charge in [0.2, 0.25) is 0 Å². The van der Waals surface area contributed by atoms with Crippen LogP contribution in [0.1, 0.15) is 0 Å². The van der Waals surface area contributed by atoms with E-state index in [2.05, 4.69) is 20.4 Å². The van der Waals surface area contributed by atoms with Crippen LogP contribution in [0.25, 0.3) is 11.3 Å². The number of amides is 2. The Morgan fingerprint density at radius 3 is 2.45 bits per heavy atom. The van der Waals surface area contributed by atoms with Crippen molar-refractivity contribution in [3.63, 3.8) is 0 Å². The summed E-state index contributed by atoms with van der Waals surface area (Å²) in [6.07, 6.45) is 0. The van der Waals surface area contributed by atoms with Crippen LogP contribution in [0.3, 0.4) is 0 Å². The van der Waals surface area contributed by atoms with Gasteiger partial charge in [-0.05, 0) is 42.5 Å². The summed E-state index contributed by atoms with van der Waals surface area (Å²) in [6.45, 7) is 2.48. The van der Waals surface area contributed by atoms with Gasteiger partial charge in [-0.15, -0.1) is 10.2 Å². The number of rotatable bonds is 4. The van der Waals surface area contributed by atoms with Crippen LogP contribution in [0.2, 0.25) is 10.0 Å². The van der Waals surface area contributed by atoms with E-state index in [0.29, 0.717) is 53.4 Å². The van der Waals surface area contributed by atoms with Gasteiger partial charge in [0, 0.05) is 36.8 Å². The minimum absolute atomic E-state index is 0.150. The number of urea groups is 1. The Morgan fingerprint density at radius 1 is 1.00 bits per heavy atom. The number of piperazine rings is 1. The number of aromatic nitrogens is 2. The molecule has 160 valence electrons. The zero-order chi connectivity index (χ0) is 21.8. The Labute approximate surface area is 190 Å². The molecule has 31 heavy (non-hydrogen) atoms. The molecule has 1 aromatic heterocycles. The van der Waals surface area contributed by atoms with Crippen molar-refractivity contribution in [1.29, 1.82) is 0 Å². The number of nitrogens with zero attached hydrogens (tertiary/aromatic N) is 4. The lowest BCUT2D eigenvalue weighted by molar-refractivity contribution is 0.208. The lowest BCUT2D eigenvalue weighted by atomic mass is 10.1. The molecule has 0 radical (unpaired) electrons. The number of para-hydroxylation sites is 2. The third-order valence-corrected chi connectivity index (χ3v) is 5.64. The van der Waals surface area contributed by atoms with Crippen molar-refractivity contribution in [2.75, 3.05) is 43.5 Å². The van der Waals surface area contributed by atoms with Gasteiger partial charge in [0.05, 0.1) is 23.5 Å². The number of hydrogen-bond acceptors (Lipinski definition) is 5. The highest BCUT2D eigenvalue weighted by Crippen LogP contribution is 2.29. The molecule has 0 saturated carbocycles. The van der Waals surface area contributed by atoms with Crippen LogP contribution >= 0.6 is 23.2 Å². The predicted octanol–water partition coefficient (Wildman–Crippen LogP) is 4.81. The molecule has 3 aromatic rings. The predicted molar refractivity (Wildman–Crippen MR) is 123 cm³/mol. The number of carbonyl (C=O) groups excluding carboxylic acids is 1. The van der Waals surface area contributed by atoms with E-state index >= 15 is 0 Å². The zero-order valence-electron chi connectivity index (χ0n) is 16.9. The maximum atomic E-state index is 12.6. The minimum Gasteiger partial charge on any atom is -0.495 e. The first-order valence-corrected chi connectivity index (χ1v) is 10.5. The van der Waals surface area contributed by atoms with E-state index in [-0.39, 0.29) is 6.03 Å². The van der Waals surface area contributed by atoms with Gasteiger partial charge in [-0.25, -0.2) is 4.79 Å². The number of carbonyl (C=O) groups is 1. The molecule has 2 heterocycles. The first-order chi connectivity index (χ1) is 15.0. The normalized spacial score (nSPS) is 13.8. The summed E-state index contributed by atoms with van der Waals surface area (Å²) < 4.78 is 5.29. The van der Waals surface area contributed by atoms with Gasteiger partial charge in [0.1, 0.15) is 5.75 Å². The van der Waals surface area contributed by atoms with Gasteiger partial charge >= 0.3 is 6.03 Å². The lowest BCUT2D eigenvalue weighted by Crippen LogP contribution is -2.50. The minimum atomic E-state index is -0.150. The molecule has 0 spiro atoms. The van der Waals surface area contributed by atoms with E-state index in [1.165, 1.54) is 0 Å². The molecule has 2 aromatic carbocycles. The lowest BCUT2D eigenvalue weighted by Gasteiger charge is -2.35. The molecule has 1 N–H and O–H groups in total. The van der Waals surface area contributed by atoms with Crippen LogP contribution in [0.4, 0.5) is 16.3 Å². The van der Waals surface area contributed by atoms with Crippen LogP contribution < -0.4 is 15.0 Å². The molecule has 1 saturated heterocycles. The Morgan fingerprint density at radius 2 is 1.77 bits per heavy atom. The van der Waals surface area contributed by atoms with Crippen molar-refractivity contribution in [3.05, 3.63) is 64.6 Å². The van der Waals surface area contributed by atoms with Crippen LogP contribution in [-0.4, -0.2) is 54.4 Å². The number of anilines is 2. The fraction of sp³-hybridized carbons (Fsp3) is 0.227. The van der Waals surface area contributed by atoms with Crippen molar-refractivity contribution < 1.29 is 9.53 Å².